The van der Waals surface area contributed by atoms with Crippen LogP contribution in [-0.4, -0.2) is 39.2 Å². The summed E-state index contributed by atoms with van der Waals surface area (Å²) < 4.78 is 43.7. The van der Waals surface area contributed by atoms with Crippen molar-refractivity contribution in [3.8, 4) is 11.6 Å². The molecule has 0 unspecified atom stereocenters. The number of hydrogen-bond acceptors (Lipinski definition) is 5. The van der Waals surface area contributed by atoms with Crippen LogP contribution in [-0.2, 0) is 12.6 Å². The van der Waals surface area contributed by atoms with Crippen molar-refractivity contribution in [2.45, 2.75) is 25.4 Å². The van der Waals surface area contributed by atoms with Gasteiger partial charge >= 0.3 is 12.2 Å². The molecule has 1 fully saturated rings. The van der Waals surface area contributed by atoms with Crippen LogP contribution in [0.1, 0.15) is 24.0 Å². The Morgan fingerprint density at radius 1 is 1.12 bits per heavy atom. The first kappa shape index (κ1) is 22.5. The van der Waals surface area contributed by atoms with Crippen molar-refractivity contribution in [2.75, 3.05) is 18.4 Å². The van der Waals surface area contributed by atoms with E-state index in [0.717, 1.165) is 37.1 Å². The number of benzene rings is 1. The molecule has 0 atom stereocenters. The maximum absolute atomic E-state index is 12.7. The van der Waals surface area contributed by atoms with Gasteiger partial charge in [-0.3, -0.25) is 5.32 Å². The van der Waals surface area contributed by atoms with Crippen LogP contribution in [0.15, 0.2) is 60.9 Å². The van der Waals surface area contributed by atoms with Gasteiger partial charge in [-0.2, -0.15) is 18.3 Å². The second kappa shape index (κ2) is 9.85. The normalized spacial score (nSPS) is 14.7. The van der Waals surface area contributed by atoms with Gasteiger partial charge in [0.05, 0.1) is 5.56 Å². The van der Waals surface area contributed by atoms with Crippen molar-refractivity contribution < 1.29 is 22.7 Å². The summed E-state index contributed by atoms with van der Waals surface area (Å²) in [7, 11) is 0. The summed E-state index contributed by atoms with van der Waals surface area (Å²) in [6, 6.07) is 12.8. The highest BCUT2D eigenvalue weighted by Gasteiger charge is 2.30. The fourth-order valence-electron chi connectivity index (χ4n) is 3.70. The zero-order chi connectivity index (χ0) is 23.3. The number of nitrogens with one attached hydrogen (secondary N) is 1. The van der Waals surface area contributed by atoms with E-state index < -0.39 is 11.7 Å². The lowest BCUT2D eigenvalue weighted by Gasteiger charge is -2.32. The smallest absolute Gasteiger partial charge is 0.417 e. The molecular formula is C23H22F3N5O2. The van der Waals surface area contributed by atoms with E-state index in [1.807, 2.05) is 18.2 Å². The van der Waals surface area contributed by atoms with E-state index in [-0.39, 0.29) is 11.9 Å². The first-order valence-electron chi connectivity index (χ1n) is 10.5. The van der Waals surface area contributed by atoms with Gasteiger partial charge in [0.1, 0.15) is 5.75 Å². The third-order valence-electron chi connectivity index (χ3n) is 5.42. The van der Waals surface area contributed by atoms with Gasteiger partial charge in [-0.05, 0) is 61.1 Å². The predicted molar refractivity (Wildman–Crippen MR) is 115 cm³/mol. The molecule has 0 aliphatic carbocycles. The second-order valence-electron chi connectivity index (χ2n) is 7.81. The molecule has 172 valence electrons. The molecule has 2 amide bonds. The van der Waals surface area contributed by atoms with E-state index in [0.29, 0.717) is 30.6 Å². The summed E-state index contributed by atoms with van der Waals surface area (Å²) in [6.45, 7) is 1.28. The van der Waals surface area contributed by atoms with Crippen LogP contribution in [0, 0.1) is 5.92 Å². The maximum Gasteiger partial charge on any atom is 0.417 e. The molecular weight excluding hydrogens is 435 g/mol. The molecule has 3 heterocycles. The van der Waals surface area contributed by atoms with Crippen LogP contribution in [0.5, 0.6) is 11.6 Å². The number of halogens is 3. The highest BCUT2D eigenvalue weighted by atomic mass is 19.4. The number of piperidine rings is 1. The quantitative estimate of drug-likeness (QED) is 0.572. The number of ether oxygens (including phenoxy) is 1. The van der Waals surface area contributed by atoms with Gasteiger partial charge in [0.25, 0.3) is 0 Å². The number of pyridine rings is 1. The Morgan fingerprint density at radius 2 is 1.94 bits per heavy atom. The third kappa shape index (κ3) is 6.18. The van der Waals surface area contributed by atoms with Crippen molar-refractivity contribution >= 4 is 11.8 Å². The minimum absolute atomic E-state index is 0.0996. The van der Waals surface area contributed by atoms with Gasteiger partial charge in [-0.25, -0.2) is 9.78 Å². The number of aromatic nitrogens is 3. The Kier molecular flexibility index (Phi) is 6.71. The average molecular weight is 457 g/mol. The summed E-state index contributed by atoms with van der Waals surface area (Å²) in [4.78, 5) is 17.9. The first-order chi connectivity index (χ1) is 15.9. The Labute approximate surface area is 188 Å². The second-order valence-corrected chi connectivity index (χ2v) is 7.81. The third-order valence-corrected chi connectivity index (χ3v) is 5.42. The van der Waals surface area contributed by atoms with E-state index in [2.05, 4.69) is 20.5 Å². The molecule has 0 saturated carbocycles. The van der Waals surface area contributed by atoms with Gasteiger partial charge in [0, 0.05) is 31.5 Å². The molecule has 2 aromatic heterocycles. The summed E-state index contributed by atoms with van der Waals surface area (Å²) >= 11 is 0. The minimum Gasteiger partial charge on any atom is -0.439 e. The molecule has 1 N–H and O–H groups in total. The Hall–Kier alpha value is -3.69. The molecule has 1 aliphatic heterocycles. The Balaban J connectivity index is 1.29. The van der Waals surface area contributed by atoms with E-state index in [1.165, 1.54) is 6.07 Å². The zero-order valence-electron chi connectivity index (χ0n) is 17.6. The minimum atomic E-state index is -4.43. The summed E-state index contributed by atoms with van der Waals surface area (Å²) in [5.41, 5.74) is 0.238. The number of carbonyl (C=O) groups is 1. The molecule has 0 bridgehead atoms. The van der Waals surface area contributed by atoms with Crippen molar-refractivity contribution in [3.63, 3.8) is 0 Å². The molecule has 1 aliphatic rings. The number of amides is 2. The van der Waals surface area contributed by atoms with Gasteiger partial charge < -0.3 is 9.64 Å². The van der Waals surface area contributed by atoms with Gasteiger partial charge in [-0.1, -0.05) is 12.1 Å². The van der Waals surface area contributed by atoms with Crippen molar-refractivity contribution in [1.82, 2.24) is 20.1 Å². The monoisotopic (exact) mass is 457 g/mol. The summed E-state index contributed by atoms with van der Waals surface area (Å²) in [6.07, 6.45) is 0.405. The van der Waals surface area contributed by atoms with Crippen LogP contribution in [0.2, 0.25) is 0 Å². The lowest BCUT2D eigenvalue weighted by atomic mass is 9.90. The molecule has 0 spiro atoms. The van der Waals surface area contributed by atoms with Gasteiger partial charge in [0.2, 0.25) is 5.88 Å². The maximum atomic E-state index is 12.7. The Morgan fingerprint density at radius 3 is 2.61 bits per heavy atom. The van der Waals surface area contributed by atoms with E-state index in [4.69, 9.17) is 4.74 Å². The van der Waals surface area contributed by atoms with Crippen LogP contribution >= 0.6 is 0 Å². The predicted octanol–water partition coefficient (Wildman–Crippen LogP) is 5.17. The van der Waals surface area contributed by atoms with Gasteiger partial charge in [-0.15, -0.1) is 5.10 Å². The number of carbonyl (C=O) groups excluding carboxylic acids is 1. The highest BCUT2D eigenvalue weighted by Crippen LogP contribution is 2.30. The number of likely N-dealkylation sites (tertiary alicyclic amines) is 1. The average Bonchev–Trinajstić information content (AvgIpc) is 2.80. The van der Waals surface area contributed by atoms with Crippen LogP contribution < -0.4 is 10.1 Å². The van der Waals surface area contributed by atoms with Crippen LogP contribution in [0.4, 0.5) is 23.8 Å². The molecule has 10 heteroatoms. The standard InChI is InChI=1S/C23H22F3N5O2/c24-23(25,26)18-6-7-21(27-15-18)33-19-4-1-3-17(14-19)13-16-8-11-31(12-9-16)22(32)29-20-5-2-10-28-30-20/h1-7,10,14-16H,8-9,11-13H2,(H,29,30,32). The highest BCUT2D eigenvalue weighted by molar-refractivity contribution is 5.88. The SMILES string of the molecule is O=C(Nc1cccnn1)N1CCC(Cc2cccc(Oc3ccc(C(F)(F)F)cn3)c2)CC1. The van der Waals surface area contributed by atoms with Crippen molar-refractivity contribution in [2.24, 2.45) is 5.92 Å². The number of rotatable bonds is 5. The van der Waals surface area contributed by atoms with E-state index in [9.17, 15) is 18.0 Å². The van der Waals surface area contributed by atoms with Crippen molar-refractivity contribution in [3.05, 3.63) is 72.1 Å². The lowest BCUT2D eigenvalue weighted by Crippen LogP contribution is -2.41. The zero-order valence-corrected chi connectivity index (χ0v) is 17.6. The van der Waals surface area contributed by atoms with E-state index in [1.54, 1.807) is 29.3 Å². The number of anilines is 1. The Bertz CT molecular complexity index is 1070. The number of nitrogens with zero attached hydrogens (tertiary/aromatic N) is 4. The largest absolute Gasteiger partial charge is 0.439 e. The molecule has 4 rings (SSSR count). The molecule has 33 heavy (non-hydrogen) atoms. The molecule has 1 saturated heterocycles. The molecule has 1 aromatic carbocycles. The molecule has 7 nitrogen and oxygen atoms in total. The fraction of sp³-hybridized carbons (Fsp3) is 0.304. The van der Waals surface area contributed by atoms with E-state index >= 15 is 0 Å². The van der Waals surface area contributed by atoms with Crippen LogP contribution in [0.25, 0.3) is 0 Å². The lowest BCUT2D eigenvalue weighted by molar-refractivity contribution is -0.137. The fourth-order valence-corrected chi connectivity index (χ4v) is 3.70. The number of urea groups is 1. The topological polar surface area (TPSA) is 80.2 Å². The van der Waals surface area contributed by atoms with Gasteiger partial charge in [0.15, 0.2) is 5.82 Å². The summed E-state index contributed by atoms with van der Waals surface area (Å²) in [5.74, 6) is 1.44. The first-order valence-corrected chi connectivity index (χ1v) is 10.5. The van der Waals surface area contributed by atoms with Crippen LogP contribution in [0.3, 0.4) is 0 Å². The number of hydrogen-bond donors (Lipinski definition) is 1. The van der Waals surface area contributed by atoms with Crippen molar-refractivity contribution in [1.29, 1.82) is 0 Å². The molecule has 3 aromatic rings. The molecule has 0 radical (unpaired) electrons. The summed E-state index contributed by atoms with van der Waals surface area (Å²) in [5, 5.41) is 10.4. The number of alkyl halides is 3.